The van der Waals surface area contributed by atoms with Gasteiger partial charge in [0.1, 0.15) is 0 Å². The van der Waals surface area contributed by atoms with Crippen LogP contribution >= 0.6 is 0 Å². The number of methoxy groups -OCH3 is 2. The molecule has 0 aliphatic heterocycles. The van der Waals surface area contributed by atoms with Gasteiger partial charge >= 0.3 is 6.03 Å². The Morgan fingerprint density at radius 3 is 2.44 bits per heavy atom. The second kappa shape index (κ2) is 10.6. The van der Waals surface area contributed by atoms with Crippen molar-refractivity contribution in [2.24, 2.45) is 5.92 Å². The molecule has 0 saturated heterocycles. The van der Waals surface area contributed by atoms with Crippen LogP contribution in [0.2, 0.25) is 0 Å². The number of likely N-dealkylation sites (N-methyl/N-ethyl adjacent to an activating group) is 1. The van der Waals surface area contributed by atoms with Crippen molar-refractivity contribution >= 4 is 11.9 Å². The van der Waals surface area contributed by atoms with Crippen LogP contribution in [0.15, 0.2) is 18.2 Å². The van der Waals surface area contributed by atoms with Crippen molar-refractivity contribution in [1.82, 2.24) is 15.5 Å². The summed E-state index contributed by atoms with van der Waals surface area (Å²) in [6, 6.07) is 5.30. The van der Waals surface area contributed by atoms with Crippen molar-refractivity contribution in [3.63, 3.8) is 0 Å². The van der Waals surface area contributed by atoms with E-state index in [9.17, 15) is 9.59 Å². The van der Waals surface area contributed by atoms with Crippen LogP contribution in [0.4, 0.5) is 4.79 Å². The first-order valence-corrected chi connectivity index (χ1v) is 8.32. The molecule has 0 saturated carbocycles. The Morgan fingerprint density at radius 2 is 1.84 bits per heavy atom. The molecule has 3 amide bonds. The van der Waals surface area contributed by atoms with Crippen molar-refractivity contribution in [3.05, 3.63) is 23.8 Å². The fourth-order valence-corrected chi connectivity index (χ4v) is 2.19. The van der Waals surface area contributed by atoms with Crippen molar-refractivity contribution in [2.75, 3.05) is 40.9 Å². The van der Waals surface area contributed by atoms with Crippen LogP contribution in [-0.4, -0.2) is 57.7 Å². The minimum Gasteiger partial charge on any atom is -0.493 e. The quantitative estimate of drug-likeness (QED) is 0.707. The van der Waals surface area contributed by atoms with Crippen LogP contribution in [0.5, 0.6) is 11.5 Å². The molecule has 0 bridgehead atoms. The monoisotopic (exact) mass is 351 g/mol. The number of nitrogens with one attached hydrogen (secondary N) is 2. The molecule has 140 valence electrons. The van der Waals surface area contributed by atoms with E-state index in [2.05, 4.69) is 10.6 Å². The summed E-state index contributed by atoms with van der Waals surface area (Å²) >= 11 is 0. The molecule has 0 aliphatic rings. The van der Waals surface area contributed by atoms with Gasteiger partial charge < -0.3 is 14.8 Å². The van der Waals surface area contributed by atoms with Gasteiger partial charge in [-0.25, -0.2) is 4.79 Å². The minimum absolute atomic E-state index is 0.155. The summed E-state index contributed by atoms with van der Waals surface area (Å²) in [5.74, 6) is 1.38. The van der Waals surface area contributed by atoms with Crippen LogP contribution in [0.3, 0.4) is 0 Å². The van der Waals surface area contributed by atoms with E-state index in [1.54, 1.807) is 14.2 Å². The van der Waals surface area contributed by atoms with E-state index in [1.165, 1.54) is 0 Å². The predicted molar refractivity (Wildman–Crippen MR) is 97.1 cm³/mol. The lowest BCUT2D eigenvalue weighted by Gasteiger charge is -2.17. The molecule has 1 rings (SSSR count). The van der Waals surface area contributed by atoms with Gasteiger partial charge in [-0.3, -0.25) is 15.0 Å². The molecular formula is C18H29N3O4. The summed E-state index contributed by atoms with van der Waals surface area (Å²) in [5, 5.41) is 4.98. The van der Waals surface area contributed by atoms with Crippen molar-refractivity contribution < 1.29 is 19.1 Å². The predicted octanol–water partition coefficient (Wildman–Crippen LogP) is 1.66. The van der Waals surface area contributed by atoms with Crippen molar-refractivity contribution in [2.45, 2.75) is 20.3 Å². The van der Waals surface area contributed by atoms with E-state index >= 15 is 0 Å². The molecule has 1 aromatic carbocycles. The number of rotatable bonds is 9. The van der Waals surface area contributed by atoms with Crippen LogP contribution < -0.4 is 20.1 Å². The molecule has 0 heterocycles. The minimum atomic E-state index is -0.452. The number of benzene rings is 1. The Morgan fingerprint density at radius 1 is 1.16 bits per heavy atom. The van der Waals surface area contributed by atoms with Gasteiger partial charge in [0.25, 0.3) is 0 Å². The standard InChI is InChI=1S/C18H29N3O4/c1-13(2)11-19-18(23)20-17(22)12-21(3)9-8-14-6-7-15(24-4)16(10-14)25-5/h6-7,10,13H,8-9,11-12H2,1-5H3,(H2,19,20,22,23). The summed E-state index contributed by atoms with van der Waals surface area (Å²) in [6.07, 6.45) is 0.754. The fourth-order valence-electron chi connectivity index (χ4n) is 2.19. The lowest BCUT2D eigenvalue weighted by molar-refractivity contribution is -0.120. The largest absolute Gasteiger partial charge is 0.493 e. The molecule has 25 heavy (non-hydrogen) atoms. The van der Waals surface area contributed by atoms with Crippen molar-refractivity contribution in [3.8, 4) is 11.5 Å². The number of amides is 3. The van der Waals surface area contributed by atoms with Gasteiger partial charge in [-0.15, -0.1) is 0 Å². The SMILES string of the molecule is COc1ccc(CCN(C)CC(=O)NC(=O)NCC(C)C)cc1OC. The van der Waals surface area contributed by atoms with Crippen LogP contribution in [0, 0.1) is 5.92 Å². The first-order valence-electron chi connectivity index (χ1n) is 8.32. The van der Waals surface area contributed by atoms with E-state index < -0.39 is 6.03 Å². The summed E-state index contributed by atoms with van der Waals surface area (Å²) in [4.78, 5) is 25.3. The first-order chi connectivity index (χ1) is 11.8. The highest BCUT2D eigenvalue weighted by Gasteiger charge is 2.11. The smallest absolute Gasteiger partial charge is 0.321 e. The molecule has 1 aromatic rings. The van der Waals surface area contributed by atoms with E-state index in [0.29, 0.717) is 30.5 Å². The maximum atomic E-state index is 11.9. The summed E-state index contributed by atoms with van der Waals surface area (Å²) in [7, 11) is 5.04. The van der Waals surface area contributed by atoms with Crippen LogP contribution in [-0.2, 0) is 11.2 Å². The number of nitrogens with zero attached hydrogens (tertiary/aromatic N) is 1. The number of carbonyl (C=O) groups excluding carboxylic acids is 2. The third-order valence-electron chi connectivity index (χ3n) is 3.57. The zero-order valence-corrected chi connectivity index (χ0v) is 15.7. The van der Waals surface area contributed by atoms with E-state index in [1.807, 2.05) is 44.0 Å². The highest BCUT2D eigenvalue weighted by molar-refractivity contribution is 5.95. The number of hydrogen-bond acceptors (Lipinski definition) is 5. The van der Waals surface area contributed by atoms with E-state index in [4.69, 9.17) is 9.47 Å². The van der Waals surface area contributed by atoms with Crippen molar-refractivity contribution in [1.29, 1.82) is 0 Å². The lowest BCUT2D eigenvalue weighted by atomic mass is 10.1. The van der Waals surface area contributed by atoms with Gasteiger partial charge in [0.2, 0.25) is 5.91 Å². The van der Waals surface area contributed by atoms with Crippen LogP contribution in [0.25, 0.3) is 0 Å². The second-order valence-electron chi connectivity index (χ2n) is 6.33. The van der Waals surface area contributed by atoms with Gasteiger partial charge in [0, 0.05) is 13.1 Å². The first kappa shape index (κ1) is 20.8. The highest BCUT2D eigenvalue weighted by atomic mass is 16.5. The average molecular weight is 351 g/mol. The zero-order chi connectivity index (χ0) is 18.8. The molecule has 0 unspecified atom stereocenters. The second-order valence-corrected chi connectivity index (χ2v) is 6.33. The maximum Gasteiger partial charge on any atom is 0.321 e. The molecule has 0 atom stereocenters. The van der Waals surface area contributed by atoms with Gasteiger partial charge in [0.15, 0.2) is 11.5 Å². The fraction of sp³-hybridized carbons (Fsp3) is 0.556. The number of urea groups is 1. The lowest BCUT2D eigenvalue weighted by Crippen LogP contribution is -2.44. The van der Waals surface area contributed by atoms with Gasteiger partial charge in [-0.05, 0) is 37.1 Å². The third-order valence-corrected chi connectivity index (χ3v) is 3.57. The van der Waals surface area contributed by atoms with E-state index in [-0.39, 0.29) is 12.5 Å². The number of hydrogen-bond donors (Lipinski definition) is 2. The Kier molecular flexibility index (Phi) is 8.77. The Bertz CT molecular complexity index is 575. The Labute approximate surface area is 149 Å². The summed E-state index contributed by atoms with van der Waals surface area (Å²) < 4.78 is 10.5. The molecule has 0 fully saturated rings. The molecular weight excluding hydrogens is 322 g/mol. The van der Waals surface area contributed by atoms with Crippen LogP contribution in [0.1, 0.15) is 19.4 Å². The summed E-state index contributed by atoms with van der Waals surface area (Å²) in [6.45, 7) is 5.35. The molecule has 0 spiro atoms. The van der Waals surface area contributed by atoms with Gasteiger partial charge in [0.05, 0.1) is 20.8 Å². The summed E-state index contributed by atoms with van der Waals surface area (Å²) in [5.41, 5.74) is 1.08. The molecule has 0 radical (unpaired) electrons. The van der Waals surface area contributed by atoms with E-state index in [0.717, 1.165) is 12.0 Å². The third kappa shape index (κ3) is 7.89. The van der Waals surface area contributed by atoms with Gasteiger partial charge in [-0.2, -0.15) is 0 Å². The normalized spacial score (nSPS) is 10.7. The number of carbonyl (C=O) groups is 2. The molecule has 2 N–H and O–H groups in total. The van der Waals surface area contributed by atoms with Gasteiger partial charge in [-0.1, -0.05) is 19.9 Å². The average Bonchev–Trinajstić information content (AvgIpc) is 2.57. The molecule has 0 aliphatic carbocycles. The molecule has 7 nitrogen and oxygen atoms in total. The highest BCUT2D eigenvalue weighted by Crippen LogP contribution is 2.27. The molecule has 7 heteroatoms. The maximum absolute atomic E-state index is 11.9. The number of imide groups is 1. The Balaban J connectivity index is 2.40. The zero-order valence-electron chi connectivity index (χ0n) is 15.7. The Hall–Kier alpha value is -2.28. The number of ether oxygens (including phenoxy) is 2. The molecule has 0 aromatic heterocycles. The topological polar surface area (TPSA) is 79.9 Å².